The summed E-state index contributed by atoms with van der Waals surface area (Å²) >= 11 is 0. The molecule has 7 heteroatoms. The molecular weight excluding hydrogens is 396 g/mol. The van der Waals surface area contributed by atoms with Crippen LogP contribution in [-0.2, 0) is 16.1 Å². The fraction of sp³-hybridized carbons (Fsp3) is 0.333. The molecule has 6 rings (SSSR count). The third-order valence-electron chi connectivity index (χ3n) is 6.57. The first-order chi connectivity index (χ1) is 15.2. The standard InChI is InChI=1S/C24H22N2O5/c27-18-9-14-6-8-26-12-15-10-19-20(30-13-29-19)11-17(15)22(23(14)26)24(18)31-21(28)5-4-16-3-1-2-7-25-16/h1-5,7,9-11,18,22-24,27H,6,8,12-13H2/b5-4+/t18-,22?,23?,24+/m0/s1. The van der Waals surface area contributed by atoms with E-state index < -0.39 is 18.2 Å². The van der Waals surface area contributed by atoms with Crippen LogP contribution in [-0.4, -0.2) is 52.5 Å². The highest BCUT2D eigenvalue weighted by Crippen LogP contribution is 2.50. The van der Waals surface area contributed by atoms with Gasteiger partial charge in [0.05, 0.1) is 5.69 Å². The third-order valence-corrected chi connectivity index (χ3v) is 6.57. The van der Waals surface area contributed by atoms with Crippen LogP contribution in [0, 0.1) is 0 Å². The first-order valence-corrected chi connectivity index (χ1v) is 10.5. The van der Waals surface area contributed by atoms with Crippen LogP contribution in [0.3, 0.4) is 0 Å². The second-order valence-electron chi connectivity index (χ2n) is 8.32. The van der Waals surface area contributed by atoms with E-state index in [4.69, 9.17) is 14.2 Å². The van der Waals surface area contributed by atoms with Crippen molar-refractivity contribution in [3.8, 4) is 11.5 Å². The van der Waals surface area contributed by atoms with Crippen molar-refractivity contribution in [2.24, 2.45) is 0 Å². The first-order valence-electron chi connectivity index (χ1n) is 10.5. The van der Waals surface area contributed by atoms with Crippen LogP contribution >= 0.6 is 0 Å². The van der Waals surface area contributed by atoms with E-state index in [1.54, 1.807) is 12.3 Å². The summed E-state index contributed by atoms with van der Waals surface area (Å²) in [6.45, 7) is 1.94. The normalized spacial score (nSPS) is 28.2. The molecule has 0 bridgehead atoms. The van der Waals surface area contributed by atoms with Crippen molar-refractivity contribution in [1.29, 1.82) is 0 Å². The van der Waals surface area contributed by atoms with E-state index in [2.05, 4.69) is 9.88 Å². The maximum Gasteiger partial charge on any atom is 0.331 e. The van der Waals surface area contributed by atoms with Crippen molar-refractivity contribution in [1.82, 2.24) is 9.88 Å². The van der Waals surface area contributed by atoms with Gasteiger partial charge in [0.25, 0.3) is 0 Å². The Morgan fingerprint density at radius 2 is 2.13 bits per heavy atom. The molecule has 4 atom stereocenters. The van der Waals surface area contributed by atoms with Gasteiger partial charge in [0.15, 0.2) is 11.5 Å². The zero-order chi connectivity index (χ0) is 20.9. The number of hydrogen-bond donors (Lipinski definition) is 1. The minimum absolute atomic E-state index is 0.119. The lowest BCUT2D eigenvalue weighted by Crippen LogP contribution is -2.51. The predicted octanol–water partition coefficient (Wildman–Crippen LogP) is 2.41. The zero-order valence-electron chi connectivity index (χ0n) is 16.8. The van der Waals surface area contributed by atoms with Crippen LogP contribution in [0.2, 0.25) is 0 Å². The van der Waals surface area contributed by atoms with E-state index in [1.165, 1.54) is 11.6 Å². The van der Waals surface area contributed by atoms with Crippen LogP contribution in [0.15, 0.2) is 54.3 Å². The van der Waals surface area contributed by atoms with Crippen LogP contribution in [0.5, 0.6) is 11.5 Å². The molecular formula is C24H22N2O5. The summed E-state index contributed by atoms with van der Waals surface area (Å²) in [6.07, 6.45) is 5.89. The zero-order valence-corrected chi connectivity index (χ0v) is 16.8. The Bertz CT molecular complexity index is 1100. The molecule has 1 aromatic carbocycles. The Balaban J connectivity index is 1.34. The lowest BCUT2D eigenvalue weighted by atomic mass is 9.73. The average molecular weight is 418 g/mol. The van der Waals surface area contributed by atoms with E-state index in [9.17, 15) is 9.90 Å². The molecule has 31 heavy (non-hydrogen) atoms. The molecule has 7 nitrogen and oxygen atoms in total. The lowest BCUT2D eigenvalue weighted by molar-refractivity contribution is -0.150. The number of pyridine rings is 1. The Labute approximate surface area is 179 Å². The first kappa shape index (κ1) is 18.6. The van der Waals surface area contributed by atoms with Gasteiger partial charge in [0, 0.05) is 37.3 Å². The van der Waals surface area contributed by atoms with Gasteiger partial charge in [-0.25, -0.2) is 4.79 Å². The van der Waals surface area contributed by atoms with Gasteiger partial charge in [-0.2, -0.15) is 0 Å². The monoisotopic (exact) mass is 418 g/mol. The van der Waals surface area contributed by atoms with Crippen LogP contribution < -0.4 is 9.47 Å². The van der Waals surface area contributed by atoms with Gasteiger partial charge in [-0.15, -0.1) is 0 Å². The molecule has 1 N–H and O–H groups in total. The highest BCUT2D eigenvalue weighted by atomic mass is 16.7. The van der Waals surface area contributed by atoms with Crippen molar-refractivity contribution in [3.63, 3.8) is 0 Å². The van der Waals surface area contributed by atoms with Crippen molar-refractivity contribution in [2.75, 3.05) is 13.3 Å². The van der Waals surface area contributed by atoms with Gasteiger partial charge in [-0.3, -0.25) is 9.88 Å². The van der Waals surface area contributed by atoms with Gasteiger partial charge in [-0.05, 0) is 47.9 Å². The smallest absolute Gasteiger partial charge is 0.331 e. The van der Waals surface area contributed by atoms with Gasteiger partial charge >= 0.3 is 5.97 Å². The van der Waals surface area contributed by atoms with E-state index in [1.807, 2.05) is 36.4 Å². The number of nitrogens with zero attached hydrogens (tertiary/aromatic N) is 2. The molecule has 4 heterocycles. The minimum Gasteiger partial charge on any atom is -0.455 e. The highest BCUT2D eigenvalue weighted by molar-refractivity contribution is 5.87. The van der Waals surface area contributed by atoms with Gasteiger partial charge < -0.3 is 19.3 Å². The number of aliphatic hydroxyl groups is 1. The Hall–Kier alpha value is -3.16. The van der Waals surface area contributed by atoms with Crippen LogP contribution in [0.1, 0.15) is 29.2 Å². The van der Waals surface area contributed by atoms with Crippen molar-refractivity contribution in [3.05, 3.63) is 71.1 Å². The summed E-state index contributed by atoms with van der Waals surface area (Å²) in [4.78, 5) is 19.2. The highest BCUT2D eigenvalue weighted by Gasteiger charge is 2.50. The molecule has 1 aromatic heterocycles. The van der Waals surface area contributed by atoms with Crippen molar-refractivity contribution in [2.45, 2.75) is 37.1 Å². The van der Waals surface area contributed by atoms with Gasteiger partial charge in [-0.1, -0.05) is 17.7 Å². The number of ether oxygens (including phenoxy) is 3. The van der Waals surface area contributed by atoms with Gasteiger partial charge in [0.2, 0.25) is 6.79 Å². The molecule has 3 aliphatic heterocycles. The number of aliphatic hydroxyl groups excluding tert-OH is 1. The van der Waals surface area contributed by atoms with E-state index in [0.717, 1.165) is 36.4 Å². The average Bonchev–Trinajstić information content (AvgIpc) is 3.40. The number of carbonyl (C=O) groups excluding carboxylic acids is 1. The number of rotatable bonds is 3. The molecule has 2 aromatic rings. The minimum atomic E-state index is -0.861. The molecule has 158 valence electrons. The molecule has 0 amide bonds. The van der Waals surface area contributed by atoms with Crippen LogP contribution in [0.4, 0.5) is 0 Å². The molecule has 1 fully saturated rings. The molecule has 0 radical (unpaired) electrons. The van der Waals surface area contributed by atoms with E-state index in [0.29, 0.717) is 11.4 Å². The summed E-state index contributed by atoms with van der Waals surface area (Å²) in [7, 11) is 0. The maximum absolute atomic E-state index is 12.7. The van der Waals surface area contributed by atoms with E-state index >= 15 is 0 Å². The summed E-state index contributed by atoms with van der Waals surface area (Å²) < 4.78 is 17.0. The number of aromatic nitrogens is 1. The third kappa shape index (κ3) is 3.12. The van der Waals surface area contributed by atoms with Crippen molar-refractivity contribution >= 4 is 12.0 Å². The fourth-order valence-electron chi connectivity index (χ4n) is 5.27. The van der Waals surface area contributed by atoms with Gasteiger partial charge in [0.1, 0.15) is 12.2 Å². The molecule has 1 aliphatic carbocycles. The van der Waals surface area contributed by atoms with E-state index in [-0.39, 0.29) is 18.8 Å². The Morgan fingerprint density at radius 1 is 1.26 bits per heavy atom. The number of benzene rings is 1. The molecule has 0 spiro atoms. The quantitative estimate of drug-likeness (QED) is 0.466. The predicted molar refractivity (Wildman–Crippen MR) is 111 cm³/mol. The van der Waals surface area contributed by atoms with Crippen LogP contribution in [0.25, 0.3) is 6.08 Å². The molecule has 4 aliphatic rings. The Kier molecular flexibility index (Phi) is 4.33. The second-order valence-corrected chi connectivity index (χ2v) is 8.32. The number of esters is 1. The summed E-state index contributed by atoms with van der Waals surface area (Å²) in [5, 5.41) is 10.9. The molecule has 1 saturated heterocycles. The van der Waals surface area contributed by atoms with Crippen molar-refractivity contribution < 1.29 is 24.1 Å². The summed E-state index contributed by atoms with van der Waals surface area (Å²) in [5.41, 5.74) is 4.08. The second kappa shape index (κ2) is 7.21. The SMILES string of the molecule is O=C(/C=C/c1ccccn1)O[C@H]1C2c3cc4c(cc3CN3CCC(=C[C@@H]1O)C23)OCO4. The topological polar surface area (TPSA) is 81.1 Å². The maximum atomic E-state index is 12.7. The summed E-state index contributed by atoms with van der Waals surface area (Å²) in [6, 6.07) is 9.62. The molecule has 2 unspecified atom stereocenters. The summed E-state index contributed by atoms with van der Waals surface area (Å²) in [5.74, 6) is 0.790. The largest absolute Gasteiger partial charge is 0.455 e. The fourth-order valence-corrected chi connectivity index (χ4v) is 5.27. The molecule has 0 saturated carbocycles. The number of hydrogen-bond acceptors (Lipinski definition) is 7. The Morgan fingerprint density at radius 3 is 2.97 bits per heavy atom. The number of fused-ring (bicyclic) bond motifs is 3. The number of carbonyl (C=O) groups is 1. The lowest BCUT2D eigenvalue weighted by Gasteiger charge is -2.45.